The van der Waals surface area contributed by atoms with E-state index in [2.05, 4.69) is 19.8 Å². The third-order valence-corrected chi connectivity index (χ3v) is 0. The Labute approximate surface area is 54.6 Å². The van der Waals surface area contributed by atoms with Gasteiger partial charge in [-0.15, -0.1) is 0 Å². The normalized spacial score (nSPS) is 5.00. The topological polar surface area (TPSA) is 0 Å². The molecule has 0 aliphatic heterocycles. The van der Waals surface area contributed by atoms with Crippen molar-refractivity contribution in [3.63, 3.8) is 0 Å². The van der Waals surface area contributed by atoms with Crippen molar-refractivity contribution in [3.8, 4) is 0 Å². The Morgan fingerprint density at radius 3 is 1.40 bits per heavy atom. The molecule has 0 N–H and O–H groups in total. The molecule has 5 heavy (non-hydrogen) atoms. The second kappa shape index (κ2) is 18.3. The van der Waals surface area contributed by atoms with E-state index < -0.39 is 0 Å². The van der Waals surface area contributed by atoms with Crippen LogP contribution in [0.1, 0.15) is 13.8 Å². The summed E-state index contributed by atoms with van der Waals surface area (Å²) >= 11 is 3.62. The summed E-state index contributed by atoms with van der Waals surface area (Å²) in [4.78, 5) is 0. The zero-order chi connectivity index (χ0) is 4.71. The maximum atomic E-state index is 2.28. The fourth-order valence-corrected chi connectivity index (χ4v) is 0. The van der Waals surface area contributed by atoms with Crippen LogP contribution in [0.15, 0.2) is 0 Å². The first-order valence-corrected chi connectivity index (χ1v) is 10.5. The van der Waals surface area contributed by atoms with Gasteiger partial charge >= 0.3 is 34.5 Å². The predicted molar refractivity (Wildman–Crippen MR) is 29.7 cm³/mol. The van der Waals surface area contributed by atoms with Crippen LogP contribution in [0.3, 0.4) is 0 Å². The van der Waals surface area contributed by atoms with Crippen molar-refractivity contribution in [2.75, 3.05) is 0 Å². The molecule has 0 aromatic rings. The average molecular weight is 235 g/mol. The molecular weight excluding hydrogens is 228 g/mol. The second-order valence-corrected chi connectivity index (χ2v) is 0.577. The molecule has 0 fully saturated rings. The van der Waals surface area contributed by atoms with Crippen LogP contribution in [-0.4, -0.2) is 0 Å². The first kappa shape index (κ1) is 9.61. The standard InChI is InChI=1S/C3H7.HI.Zn/c1-3-2;;/h3H,1-2H3;1H;/q-1;;+2/p-1. The van der Waals surface area contributed by atoms with Gasteiger partial charge in [0.25, 0.3) is 0 Å². The summed E-state index contributed by atoms with van der Waals surface area (Å²) < 4.78 is 0. The van der Waals surface area contributed by atoms with E-state index in [4.69, 9.17) is 0 Å². The van der Waals surface area contributed by atoms with Crippen LogP contribution in [0.4, 0.5) is 0 Å². The van der Waals surface area contributed by atoms with Gasteiger partial charge in [-0.2, -0.15) is 13.8 Å². The minimum absolute atomic E-state index is 1.34. The van der Waals surface area contributed by atoms with E-state index >= 15 is 0 Å². The van der Waals surface area contributed by atoms with E-state index in [0.717, 1.165) is 0 Å². The molecule has 2 heteroatoms. The molecule has 0 nitrogen and oxygen atoms in total. The number of hydrogen-bond acceptors (Lipinski definition) is 0. The Bertz CT molecular complexity index is 6.85. The van der Waals surface area contributed by atoms with Crippen molar-refractivity contribution in [3.05, 3.63) is 6.42 Å². The van der Waals surface area contributed by atoms with Gasteiger partial charge in [-0.1, -0.05) is 0 Å². The zero-order valence-corrected chi connectivity index (χ0v) is 8.79. The van der Waals surface area contributed by atoms with E-state index in [9.17, 15) is 0 Å². The van der Waals surface area contributed by atoms with E-state index in [1.165, 1.54) is 14.8 Å². The van der Waals surface area contributed by atoms with Crippen LogP contribution < -0.4 is 0 Å². The molecule has 0 radical (unpaired) electrons. The number of rotatable bonds is 0. The molecule has 0 saturated carbocycles. The first-order valence-electron chi connectivity index (χ1n) is 1.42. The molecule has 0 amide bonds. The number of halogens is 1. The van der Waals surface area contributed by atoms with Crippen LogP contribution in [0, 0.1) is 6.42 Å². The molecule has 0 aliphatic rings. The number of hydrogen-bond donors (Lipinski definition) is 0. The van der Waals surface area contributed by atoms with E-state index in [1.807, 2.05) is 20.3 Å². The Kier molecular flexibility index (Phi) is 35.2. The fraction of sp³-hybridized carbons (Fsp3) is 0.667. The van der Waals surface area contributed by atoms with Crippen LogP contribution in [0.2, 0.25) is 0 Å². The SMILES string of the molecule is C[CH-]C.[Zn+][I]. The second-order valence-electron chi connectivity index (χ2n) is 0.577. The van der Waals surface area contributed by atoms with Crippen molar-refractivity contribution < 1.29 is 14.8 Å². The quantitative estimate of drug-likeness (QED) is 0.343. The molecule has 0 spiro atoms. The van der Waals surface area contributed by atoms with Gasteiger partial charge in [-0.3, -0.25) is 0 Å². The summed E-state index contributed by atoms with van der Waals surface area (Å²) in [7, 11) is 0. The Morgan fingerprint density at radius 2 is 1.40 bits per heavy atom. The van der Waals surface area contributed by atoms with Crippen molar-refractivity contribution in [2.24, 2.45) is 0 Å². The molecule has 0 saturated heterocycles. The average Bonchev–Trinajstić information content (AvgIpc) is 1.46. The molecule has 0 heterocycles. The van der Waals surface area contributed by atoms with Crippen molar-refractivity contribution in [1.82, 2.24) is 0 Å². The van der Waals surface area contributed by atoms with Gasteiger partial charge in [-0.05, 0) is 0 Å². The molecule has 0 aromatic heterocycles. The van der Waals surface area contributed by atoms with Gasteiger partial charge in [0.1, 0.15) is 0 Å². The third-order valence-electron chi connectivity index (χ3n) is 0. The monoisotopic (exact) mass is 234 g/mol. The first-order chi connectivity index (χ1) is 2.41. The molecule has 0 aliphatic carbocycles. The van der Waals surface area contributed by atoms with Crippen molar-refractivity contribution in [2.45, 2.75) is 13.8 Å². The summed E-state index contributed by atoms with van der Waals surface area (Å²) in [6.07, 6.45) is 2.00. The molecule has 0 unspecified atom stereocenters. The summed E-state index contributed by atoms with van der Waals surface area (Å²) in [5.41, 5.74) is 0. The van der Waals surface area contributed by atoms with Crippen LogP contribution in [0.5, 0.6) is 0 Å². The summed E-state index contributed by atoms with van der Waals surface area (Å²) in [5.74, 6) is 0. The van der Waals surface area contributed by atoms with Crippen LogP contribution in [0.25, 0.3) is 0 Å². The summed E-state index contributed by atoms with van der Waals surface area (Å²) in [5, 5.41) is 0. The molecule has 0 rings (SSSR count). The van der Waals surface area contributed by atoms with E-state index in [1.54, 1.807) is 0 Å². The van der Waals surface area contributed by atoms with E-state index in [0.29, 0.717) is 0 Å². The Morgan fingerprint density at radius 1 is 1.40 bits per heavy atom. The minimum atomic E-state index is 1.34. The van der Waals surface area contributed by atoms with Crippen molar-refractivity contribution >= 4 is 19.8 Å². The summed E-state index contributed by atoms with van der Waals surface area (Å²) in [6, 6.07) is 0. The predicted octanol–water partition coefficient (Wildman–Crippen LogP) is 2.11. The summed E-state index contributed by atoms with van der Waals surface area (Å²) in [6.45, 7) is 4.00. The zero-order valence-electron chi connectivity index (χ0n) is 3.66. The van der Waals surface area contributed by atoms with Gasteiger partial charge in [0.2, 0.25) is 0 Å². The van der Waals surface area contributed by atoms with Gasteiger partial charge in [0, 0.05) is 0 Å². The van der Waals surface area contributed by atoms with Gasteiger partial charge in [-0.25, -0.2) is 0 Å². The van der Waals surface area contributed by atoms with E-state index in [-0.39, 0.29) is 0 Å². The molecular formula is C3H7IZn. The van der Waals surface area contributed by atoms with Crippen LogP contribution in [-0.2, 0) is 14.8 Å². The maximum absolute atomic E-state index is 2.28. The molecule has 28 valence electrons. The third kappa shape index (κ3) is 32.9. The fourth-order valence-electron chi connectivity index (χ4n) is 0. The Hall–Kier alpha value is 1.35. The molecule has 0 atom stereocenters. The Balaban J connectivity index is 0. The van der Waals surface area contributed by atoms with Gasteiger partial charge in [0.05, 0.1) is 0 Å². The van der Waals surface area contributed by atoms with Crippen LogP contribution >= 0.6 is 19.8 Å². The van der Waals surface area contributed by atoms with Gasteiger partial charge in [0.15, 0.2) is 0 Å². The molecule has 0 bridgehead atoms. The molecule has 0 aromatic carbocycles. The van der Waals surface area contributed by atoms with Crippen molar-refractivity contribution in [1.29, 1.82) is 0 Å². The van der Waals surface area contributed by atoms with Gasteiger partial charge < -0.3 is 6.42 Å².